The average Bonchev–Trinajstić information content (AvgIpc) is 2.78. The number of rotatable bonds is 6. The molecule has 1 saturated heterocycles. The number of esters is 1. The number of ether oxygens (including phenoxy) is 3. The second-order valence-electron chi connectivity index (χ2n) is 4.61. The van der Waals surface area contributed by atoms with Crippen LogP contribution >= 0.6 is 0 Å². The number of aryl methyl sites for hydroxylation is 1. The van der Waals surface area contributed by atoms with E-state index in [2.05, 4.69) is 4.74 Å². The number of methoxy groups -OCH3 is 2. The molecule has 0 spiro atoms. The Labute approximate surface area is 122 Å². The second-order valence-corrected chi connectivity index (χ2v) is 4.61. The molecular weight excluding hydrogens is 278 g/mol. The van der Waals surface area contributed by atoms with Crippen molar-refractivity contribution in [1.29, 1.82) is 0 Å². The molecule has 1 aliphatic rings. The van der Waals surface area contributed by atoms with Gasteiger partial charge in [-0.15, -0.1) is 0 Å². The molecule has 0 saturated carbocycles. The number of aromatic hydroxyl groups is 1. The van der Waals surface area contributed by atoms with Gasteiger partial charge in [-0.1, -0.05) is 0 Å². The van der Waals surface area contributed by atoms with Crippen LogP contribution in [0.4, 0.5) is 4.79 Å². The number of nitrogens with zero attached hydrogens (tertiary/aromatic N) is 1. The van der Waals surface area contributed by atoms with E-state index in [4.69, 9.17) is 9.47 Å². The van der Waals surface area contributed by atoms with Crippen LogP contribution in [0.3, 0.4) is 0 Å². The first-order chi connectivity index (χ1) is 10.0. The molecule has 1 aliphatic heterocycles. The highest BCUT2D eigenvalue weighted by Gasteiger charge is 2.28. The summed E-state index contributed by atoms with van der Waals surface area (Å²) in [4.78, 5) is 23.6. The van der Waals surface area contributed by atoms with Gasteiger partial charge in [0, 0.05) is 6.54 Å². The third-order valence-corrected chi connectivity index (χ3v) is 3.21. The van der Waals surface area contributed by atoms with Gasteiger partial charge in [-0.25, -0.2) is 9.59 Å². The second kappa shape index (κ2) is 6.34. The minimum absolute atomic E-state index is 0.00105. The Hall–Kier alpha value is -2.44. The van der Waals surface area contributed by atoms with E-state index in [0.29, 0.717) is 30.9 Å². The lowest BCUT2D eigenvalue weighted by molar-refractivity contribution is -0.132. The topological polar surface area (TPSA) is 85.3 Å². The third kappa shape index (κ3) is 3.36. The molecule has 7 heteroatoms. The quantitative estimate of drug-likeness (QED) is 0.629. The summed E-state index contributed by atoms with van der Waals surface area (Å²) in [5, 5.41) is 9.82. The van der Waals surface area contributed by atoms with Crippen molar-refractivity contribution in [3.8, 4) is 17.2 Å². The monoisotopic (exact) mass is 295 g/mol. The summed E-state index contributed by atoms with van der Waals surface area (Å²) in [6.45, 7) is 0.428. The van der Waals surface area contributed by atoms with Crippen molar-refractivity contribution >= 4 is 12.1 Å². The van der Waals surface area contributed by atoms with Gasteiger partial charge < -0.3 is 19.3 Å². The molecule has 0 aromatic heterocycles. The van der Waals surface area contributed by atoms with E-state index in [1.54, 1.807) is 12.1 Å². The first-order valence-electron chi connectivity index (χ1n) is 6.48. The van der Waals surface area contributed by atoms with Crippen molar-refractivity contribution < 1.29 is 28.9 Å². The van der Waals surface area contributed by atoms with E-state index in [1.165, 1.54) is 19.1 Å². The van der Waals surface area contributed by atoms with Crippen molar-refractivity contribution in [3.63, 3.8) is 0 Å². The molecule has 114 valence electrons. The summed E-state index contributed by atoms with van der Waals surface area (Å²) in [7, 11) is 2.92. The fourth-order valence-electron chi connectivity index (χ4n) is 2.15. The Bertz CT molecular complexity index is 531. The number of hydrogen-bond acceptors (Lipinski definition) is 6. The van der Waals surface area contributed by atoms with Gasteiger partial charge in [-0.2, -0.15) is 0 Å². The summed E-state index contributed by atoms with van der Waals surface area (Å²) in [5.74, 6) is 0.102. The highest BCUT2D eigenvalue weighted by Crippen LogP contribution is 2.37. The highest BCUT2D eigenvalue weighted by molar-refractivity contribution is 5.92. The van der Waals surface area contributed by atoms with Gasteiger partial charge in [0.15, 0.2) is 11.5 Å². The maximum absolute atomic E-state index is 11.3. The lowest BCUT2D eigenvalue weighted by Crippen LogP contribution is -2.26. The predicted octanol–water partition coefficient (Wildman–Crippen LogP) is 1.32. The maximum Gasteiger partial charge on any atom is 0.418 e. The fraction of sp³-hybridized carbons (Fsp3) is 0.429. The SMILES string of the molecule is COc1cc(CCCN2CC(=O)OC2=O)cc(OC)c1O. The standard InChI is InChI=1S/C14H17NO6/c1-19-10-6-9(7-11(20-2)13(10)17)4-3-5-15-8-12(16)21-14(15)18/h6-7,17H,3-5,8H2,1-2H3. The molecule has 1 amide bonds. The largest absolute Gasteiger partial charge is 0.502 e. The number of amides is 1. The van der Waals surface area contributed by atoms with Crippen LogP contribution in [-0.2, 0) is 16.0 Å². The molecule has 0 bridgehead atoms. The molecular formula is C14H17NO6. The summed E-state index contributed by atoms with van der Waals surface area (Å²) in [6.07, 6.45) is 0.700. The number of carbonyl (C=O) groups is 2. The Kier molecular flexibility index (Phi) is 4.52. The van der Waals surface area contributed by atoms with Crippen molar-refractivity contribution in [2.75, 3.05) is 27.3 Å². The number of phenolic OH excluding ortho intramolecular Hbond substituents is 1. The average molecular weight is 295 g/mol. The Balaban J connectivity index is 1.97. The lowest BCUT2D eigenvalue weighted by atomic mass is 10.1. The normalized spacial score (nSPS) is 14.3. The molecule has 0 aliphatic carbocycles. The van der Waals surface area contributed by atoms with Gasteiger partial charge in [0.1, 0.15) is 6.54 Å². The third-order valence-electron chi connectivity index (χ3n) is 3.21. The van der Waals surface area contributed by atoms with E-state index in [1.807, 2.05) is 0 Å². The van der Waals surface area contributed by atoms with E-state index in [0.717, 1.165) is 5.56 Å². The van der Waals surface area contributed by atoms with Gasteiger partial charge in [-0.05, 0) is 30.5 Å². The maximum atomic E-state index is 11.3. The lowest BCUT2D eigenvalue weighted by Gasteiger charge is -2.13. The van der Waals surface area contributed by atoms with Crippen LogP contribution in [0.15, 0.2) is 12.1 Å². The van der Waals surface area contributed by atoms with Crippen LogP contribution in [0.2, 0.25) is 0 Å². The van der Waals surface area contributed by atoms with E-state index in [-0.39, 0.29) is 12.3 Å². The molecule has 1 N–H and O–H groups in total. The van der Waals surface area contributed by atoms with Gasteiger partial charge in [-0.3, -0.25) is 4.90 Å². The van der Waals surface area contributed by atoms with Crippen molar-refractivity contribution in [3.05, 3.63) is 17.7 Å². The molecule has 21 heavy (non-hydrogen) atoms. The van der Waals surface area contributed by atoms with Gasteiger partial charge >= 0.3 is 12.1 Å². The molecule has 1 aromatic rings. The van der Waals surface area contributed by atoms with Gasteiger partial charge in [0.25, 0.3) is 0 Å². The zero-order valence-electron chi connectivity index (χ0n) is 11.9. The molecule has 0 atom stereocenters. The molecule has 1 fully saturated rings. The number of phenols is 1. The minimum atomic E-state index is -0.596. The minimum Gasteiger partial charge on any atom is -0.502 e. The van der Waals surface area contributed by atoms with Crippen LogP contribution < -0.4 is 9.47 Å². The van der Waals surface area contributed by atoms with E-state index in [9.17, 15) is 14.7 Å². The molecule has 1 aromatic carbocycles. The Morgan fingerprint density at radius 1 is 1.24 bits per heavy atom. The molecule has 0 unspecified atom stereocenters. The number of benzene rings is 1. The highest BCUT2D eigenvalue weighted by atomic mass is 16.6. The Morgan fingerprint density at radius 2 is 1.86 bits per heavy atom. The number of cyclic esters (lactones) is 2. The van der Waals surface area contributed by atoms with Gasteiger partial charge in [0.2, 0.25) is 5.75 Å². The van der Waals surface area contributed by atoms with Crippen LogP contribution in [0.25, 0.3) is 0 Å². The molecule has 1 heterocycles. The van der Waals surface area contributed by atoms with E-state index < -0.39 is 12.1 Å². The smallest absolute Gasteiger partial charge is 0.418 e. The fourth-order valence-corrected chi connectivity index (χ4v) is 2.15. The van der Waals surface area contributed by atoms with Crippen LogP contribution in [0.1, 0.15) is 12.0 Å². The van der Waals surface area contributed by atoms with Crippen LogP contribution in [-0.4, -0.2) is 49.4 Å². The predicted molar refractivity (Wildman–Crippen MR) is 72.6 cm³/mol. The summed E-state index contributed by atoms with van der Waals surface area (Å²) >= 11 is 0. The summed E-state index contributed by atoms with van der Waals surface area (Å²) < 4.78 is 14.6. The summed E-state index contributed by atoms with van der Waals surface area (Å²) in [6, 6.07) is 3.43. The van der Waals surface area contributed by atoms with Crippen molar-refractivity contribution in [1.82, 2.24) is 4.90 Å². The zero-order chi connectivity index (χ0) is 15.4. The van der Waals surface area contributed by atoms with E-state index >= 15 is 0 Å². The first-order valence-corrected chi connectivity index (χ1v) is 6.48. The molecule has 2 rings (SSSR count). The van der Waals surface area contributed by atoms with Crippen molar-refractivity contribution in [2.45, 2.75) is 12.8 Å². The van der Waals surface area contributed by atoms with Crippen LogP contribution in [0.5, 0.6) is 17.2 Å². The summed E-state index contributed by atoms with van der Waals surface area (Å²) in [5.41, 5.74) is 0.903. The number of hydrogen-bond donors (Lipinski definition) is 1. The number of carbonyl (C=O) groups excluding carboxylic acids is 2. The molecule has 0 radical (unpaired) electrons. The Morgan fingerprint density at radius 3 is 2.33 bits per heavy atom. The molecule has 7 nitrogen and oxygen atoms in total. The van der Waals surface area contributed by atoms with Crippen LogP contribution in [0, 0.1) is 0 Å². The van der Waals surface area contributed by atoms with Gasteiger partial charge in [0.05, 0.1) is 14.2 Å². The zero-order valence-corrected chi connectivity index (χ0v) is 11.9. The van der Waals surface area contributed by atoms with Crippen molar-refractivity contribution in [2.24, 2.45) is 0 Å². The first kappa shape index (κ1) is 15.0.